The number of hydrogen-bond donors (Lipinski definition) is 1. The fourth-order valence-electron chi connectivity index (χ4n) is 1.86. The van der Waals surface area contributed by atoms with Gasteiger partial charge in [0.2, 0.25) is 0 Å². The fourth-order valence-corrected chi connectivity index (χ4v) is 2.55. The smallest absolute Gasteiger partial charge is 0.253 e. The van der Waals surface area contributed by atoms with Crippen molar-refractivity contribution in [1.82, 2.24) is 5.48 Å². The van der Waals surface area contributed by atoms with Crippen LogP contribution in [0.1, 0.15) is 25.7 Å². The predicted octanol–water partition coefficient (Wildman–Crippen LogP) is 2.91. The third kappa shape index (κ3) is 4.31. The lowest BCUT2D eigenvalue weighted by molar-refractivity contribution is -0.135. The second kappa shape index (κ2) is 6.75. The molecule has 0 aromatic heterocycles. The molecule has 1 aliphatic carbocycles. The van der Waals surface area contributed by atoms with E-state index >= 15 is 0 Å². The second-order valence-electron chi connectivity index (χ2n) is 4.29. The highest BCUT2D eigenvalue weighted by molar-refractivity contribution is 8.00. The van der Waals surface area contributed by atoms with E-state index < -0.39 is 0 Å². The van der Waals surface area contributed by atoms with Crippen LogP contribution in [-0.4, -0.2) is 17.8 Å². The van der Waals surface area contributed by atoms with Crippen LogP contribution >= 0.6 is 11.8 Å². The van der Waals surface area contributed by atoms with Crippen molar-refractivity contribution < 1.29 is 14.0 Å². The zero-order valence-corrected chi connectivity index (χ0v) is 10.8. The summed E-state index contributed by atoms with van der Waals surface area (Å²) in [7, 11) is 0. The maximum absolute atomic E-state index is 12.7. The van der Waals surface area contributed by atoms with Gasteiger partial charge in [0.15, 0.2) is 0 Å². The van der Waals surface area contributed by atoms with Gasteiger partial charge in [-0.1, -0.05) is 12.8 Å². The molecule has 1 saturated carbocycles. The third-order valence-electron chi connectivity index (χ3n) is 2.83. The highest BCUT2D eigenvalue weighted by Crippen LogP contribution is 2.20. The minimum atomic E-state index is -0.270. The number of hydroxylamine groups is 1. The summed E-state index contributed by atoms with van der Waals surface area (Å²) in [5.74, 6) is -0.150. The standard InChI is InChI=1S/C13H16FNO2S/c14-10-5-7-12(8-6-10)18-9-13(16)15-17-11-3-1-2-4-11/h5-8,11H,1-4,9H2,(H,15,16). The van der Waals surface area contributed by atoms with Gasteiger partial charge in [-0.25, -0.2) is 9.87 Å². The molecule has 1 aliphatic rings. The van der Waals surface area contributed by atoms with E-state index in [4.69, 9.17) is 4.84 Å². The van der Waals surface area contributed by atoms with Crippen LogP contribution in [0.2, 0.25) is 0 Å². The Balaban J connectivity index is 1.66. The van der Waals surface area contributed by atoms with E-state index in [0.717, 1.165) is 17.7 Å². The first-order valence-corrected chi connectivity index (χ1v) is 7.05. The molecule has 3 nitrogen and oxygen atoms in total. The van der Waals surface area contributed by atoms with Crippen molar-refractivity contribution in [2.45, 2.75) is 36.7 Å². The van der Waals surface area contributed by atoms with E-state index in [1.54, 1.807) is 12.1 Å². The van der Waals surface area contributed by atoms with Gasteiger partial charge in [0, 0.05) is 4.90 Å². The van der Waals surface area contributed by atoms with Gasteiger partial charge in [-0.15, -0.1) is 11.8 Å². The van der Waals surface area contributed by atoms with Gasteiger partial charge in [-0.05, 0) is 37.1 Å². The molecule has 2 rings (SSSR count). The highest BCUT2D eigenvalue weighted by atomic mass is 32.2. The van der Waals surface area contributed by atoms with Crippen LogP contribution in [0.25, 0.3) is 0 Å². The number of halogens is 1. The Bertz CT molecular complexity index is 390. The monoisotopic (exact) mass is 269 g/mol. The number of amides is 1. The van der Waals surface area contributed by atoms with Crippen LogP contribution in [0.15, 0.2) is 29.2 Å². The maximum Gasteiger partial charge on any atom is 0.253 e. The molecule has 18 heavy (non-hydrogen) atoms. The molecule has 5 heteroatoms. The summed E-state index contributed by atoms with van der Waals surface area (Å²) in [4.78, 5) is 17.7. The lowest BCUT2D eigenvalue weighted by Crippen LogP contribution is -2.29. The fraction of sp³-hybridized carbons (Fsp3) is 0.462. The molecule has 1 aromatic carbocycles. The SMILES string of the molecule is O=C(CSc1ccc(F)cc1)NOC1CCCC1. The lowest BCUT2D eigenvalue weighted by atomic mass is 10.3. The summed E-state index contributed by atoms with van der Waals surface area (Å²) in [6, 6.07) is 6.08. The summed E-state index contributed by atoms with van der Waals surface area (Å²) < 4.78 is 12.7. The molecule has 0 bridgehead atoms. The first-order chi connectivity index (χ1) is 8.74. The van der Waals surface area contributed by atoms with Crippen molar-refractivity contribution >= 4 is 17.7 Å². The molecule has 0 spiro atoms. The Morgan fingerprint density at radius 3 is 2.67 bits per heavy atom. The van der Waals surface area contributed by atoms with Crippen LogP contribution in [-0.2, 0) is 9.63 Å². The van der Waals surface area contributed by atoms with E-state index in [1.165, 1.54) is 36.7 Å². The summed E-state index contributed by atoms with van der Waals surface area (Å²) >= 11 is 1.36. The van der Waals surface area contributed by atoms with Gasteiger partial charge in [-0.3, -0.25) is 9.63 Å². The van der Waals surface area contributed by atoms with Gasteiger partial charge in [-0.2, -0.15) is 0 Å². The number of benzene rings is 1. The molecule has 1 N–H and O–H groups in total. The molecule has 0 saturated heterocycles. The molecule has 0 heterocycles. The normalized spacial score (nSPS) is 15.8. The largest absolute Gasteiger partial charge is 0.272 e. The lowest BCUT2D eigenvalue weighted by Gasteiger charge is -2.11. The summed E-state index contributed by atoms with van der Waals surface area (Å²) in [6.45, 7) is 0. The molecule has 0 radical (unpaired) electrons. The number of rotatable bonds is 5. The first kappa shape index (κ1) is 13.4. The van der Waals surface area contributed by atoms with Crippen molar-refractivity contribution in [1.29, 1.82) is 0 Å². The van der Waals surface area contributed by atoms with E-state index in [9.17, 15) is 9.18 Å². The van der Waals surface area contributed by atoms with Gasteiger partial charge in [0.05, 0.1) is 11.9 Å². The number of nitrogens with one attached hydrogen (secondary N) is 1. The van der Waals surface area contributed by atoms with Gasteiger partial charge in [0.1, 0.15) is 5.82 Å². The van der Waals surface area contributed by atoms with Gasteiger partial charge in [0.25, 0.3) is 5.91 Å². The Hall–Kier alpha value is -1.07. The van der Waals surface area contributed by atoms with Crippen molar-refractivity contribution in [3.8, 4) is 0 Å². The molecule has 0 unspecified atom stereocenters. The number of carbonyl (C=O) groups excluding carboxylic acids is 1. The summed E-state index contributed by atoms with van der Waals surface area (Å²) in [5, 5.41) is 0. The van der Waals surface area contributed by atoms with E-state index in [0.29, 0.717) is 0 Å². The molecule has 1 aromatic rings. The summed E-state index contributed by atoms with van der Waals surface area (Å²) in [5.41, 5.74) is 2.47. The molecule has 0 atom stereocenters. The summed E-state index contributed by atoms with van der Waals surface area (Å²) in [6.07, 6.45) is 4.55. The molecular weight excluding hydrogens is 253 g/mol. The van der Waals surface area contributed by atoms with E-state index in [2.05, 4.69) is 5.48 Å². The highest BCUT2D eigenvalue weighted by Gasteiger charge is 2.16. The second-order valence-corrected chi connectivity index (χ2v) is 5.34. The van der Waals surface area contributed by atoms with Crippen LogP contribution in [0.4, 0.5) is 4.39 Å². The molecule has 1 fully saturated rings. The van der Waals surface area contributed by atoms with Crippen LogP contribution < -0.4 is 5.48 Å². The quantitative estimate of drug-likeness (QED) is 0.660. The van der Waals surface area contributed by atoms with Gasteiger partial charge < -0.3 is 0 Å². The maximum atomic E-state index is 12.7. The Morgan fingerprint density at radius 1 is 1.33 bits per heavy atom. The number of carbonyl (C=O) groups is 1. The minimum absolute atomic E-state index is 0.156. The van der Waals surface area contributed by atoms with Crippen molar-refractivity contribution in [2.24, 2.45) is 0 Å². The molecule has 1 amide bonds. The molecule has 0 aliphatic heterocycles. The first-order valence-electron chi connectivity index (χ1n) is 6.07. The number of thioether (sulfide) groups is 1. The average molecular weight is 269 g/mol. The van der Waals surface area contributed by atoms with Crippen LogP contribution in [0.3, 0.4) is 0 Å². The number of hydrogen-bond acceptors (Lipinski definition) is 3. The van der Waals surface area contributed by atoms with Crippen molar-refractivity contribution in [2.75, 3.05) is 5.75 Å². The topological polar surface area (TPSA) is 38.3 Å². The predicted molar refractivity (Wildman–Crippen MR) is 68.6 cm³/mol. The molecular formula is C13H16FNO2S. The van der Waals surface area contributed by atoms with Crippen molar-refractivity contribution in [3.05, 3.63) is 30.1 Å². The van der Waals surface area contributed by atoms with Crippen LogP contribution in [0.5, 0.6) is 0 Å². The molecule has 98 valence electrons. The zero-order chi connectivity index (χ0) is 12.8. The third-order valence-corrected chi connectivity index (χ3v) is 3.84. The zero-order valence-electron chi connectivity index (χ0n) is 10.0. The Morgan fingerprint density at radius 2 is 2.00 bits per heavy atom. The Kier molecular flexibility index (Phi) is 5.01. The van der Waals surface area contributed by atoms with Crippen molar-refractivity contribution in [3.63, 3.8) is 0 Å². The van der Waals surface area contributed by atoms with E-state index in [1.807, 2.05) is 0 Å². The van der Waals surface area contributed by atoms with E-state index in [-0.39, 0.29) is 23.6 Å². The van der Waals surface area contributed by atoms with Crippen LogP contribution in [0, 0.1) is 5.82 Å². The average Bonchev–Trinajstić information content (AvgIpc) is 2.89. The minimum Gasteiger partial charge on any atom is -0.272 e. The Labute approximate surface area is 110 Å². The van der Waals surface area contributed by atoms with Gasteiger partial charge >= 0.3 is 0 Å².